The van der Waals surface area contributed by atoms with Crippen LogP contribution in [0.4, 0.5) is 0 Å². The molecule has 2 saturated carbocycles. The zero-order valence-corrected chi connectivity index (χ0v) is 16.4. The van der Waals surface area contributed by atoms with Crippen LogP contribution in [-0.4, -0.2) is 36.6 Å². The summed E-state index contributed by atoms with van der Waals surface area (Å²) in [6.07, 6.45) is 2.43. The molecule has 2 aliphatic carbocycles. The molecule has 138 valence electrons. The Balaban J connectivity index is 1.86. The Kier molecular flexibility index (Phi) is 4.98. The molecular weight excluding hydrogens is 310 g/mol. The van der Waals surface area contributed by atoms with Crippen LogP contribution in [0.25, 0.3) is 0 Å². The number of esters is 1. The van der Waals surface area contributed by atoms with Gasteiger partial charge in [0.1, 0.15) is 6.10 Å². The van der Waals surface area contributed by atoms with Gasteiger partial charge in [-0.1, -0.05) is 52.8 Å². The van der Waals surface area contributed by atoms with Gasteiger partial charge in [0.25, 0.3) is 0 Å². The number of carbonyl (C=O) groups is 1. The summed E-state index contributed by atoms with van der Waals surface area (Å²) in [5, 5.41) is 0. The van der Waals surface area contributed by atoms with E-state index < -0.39 is 0 Å². The van der Waals surface area contributed by atoms with Crippen LogP contribution in [0, 0.1) is 22.7 Å². The van der Waals surface area contributed by atoms with Gasteiger partial charge in [-0.05, 0) is 49.4 Å². The molecule has 2 fully saturated rings. The SMILES string of the molecule is CCN(CC)CC1C2CCC(C)(C1OC(=O)c1ccccc1)C2(C)C. The van der Waals surface area contributed by atoms with Crippen LogP contribution in [0.15, 0.2) is 30.3 Å². The van der Waals surface area contributed by atoms with Crippen molar-refractivity contribution < 1.29 is 9.53 Å². The number of rotatable bonds is 6. The number of hydrogen-bond acceptors (Lipinski definition) is 3. The number of ether oxygens (including phenoxy) is 1. The van der Waals surface area contributed by atoms with Crippen molar-refractivity contribution in [3.05, 3.63) is 35.9 Å². The minimum atomic E-state index is -0.167. The summed E-state index contributed by atoms with van der Waals surface area (Å²) in [5.41, 5.74) is 0.945. The second-order valence-electron chi connectivity index (χ2n) is 8.63. The van der Waals surface area contributed by atoms with Crippen LogP contribution < -0.4 is 0 Å². The van der Waals surface area contributed by atoms with Crippen LogP contribution >= 0.6 is 0 Å². The highest BCUT2D eigenvalue weighted by Gasteiger charge is 2.67. The first-order chi connectivity index (χ1) is 11.8. The zero-order chi connectivity index (χ0) is 18.2. The number of carbonyl (C=O) groups excluding carboxylic acids is 1. The van der Waals surface area contributed by atoms with E-state index in [1.807, 2.05) is 30.3 Å². The normalized spacial score (nSPS) is 33.0. The molecular formula is C22H33NO2. The first-order valence-electron chi connectivity index (χ1n) is 9.83. The van der Waals surface area contributed by atoms with E-state index in [9.17, 15) is 4.79 Å². The van der Waals surface area contributed by atoms with Crippen LogP contribution in [0.1, 0.15) is 57.8 Å². The van der Waals surface area contributed by atoms with E-state index in [1.165, 1.54) is 6.42 Å². The summed E-state index contributed by atoms with van der Waals surface area (Å²) in [5.74, 6) is 0.896. The minimum absolute atomic E-state index is 0.00885. The molecule has 3 nitrogen and oxygen atoms in total. The highest BCUT2D eigenvalue weighted by molar-refractivity contribution is 5.89. The molecule has 0 saturated heterocycles. The van der Waals surface area contributed by atoms with E-state index in [4.69, 9.17) is 4.74 Å². The van der Waals surface area contributed by atoms with Crippen molar-refractivity contribution in [2.75, 3.05) is 19.6 Å². The Hall–Kier alpha value is -1.35. The summed E-state index contributed by atoms with van der Waals surface area (Å²) in [6.45, 7) is 14.7. The largest absolute Gasteiger partial charge is 0.458 e. The predicted molar refractivity (Wildman–Crippen MR) is 102 cm³/mol. The Morgan fingerprint density at radius 1 is 1.16 bits per heavy atom. The maximum atomic E-state index is 12.8. The molecule has 2 bridgehead atoms. The van der Waals surface area contributed by atoms with Gasteiger partial charge >= 0.3 is 5.97 Å². The first kappa shape index (κ1) is 18.4. The summed E-state index contributed by atoms with van der Waals surface area (Å²) >= 11 is 0. The first-order valence-corrected chi connectivity index (χ1v) is 9.83. The van der Waals surface area contributed by atoms with Gasteiger partial charge in [-0.25, -0.2) is 4.79 Å². The monoisotopic (exact) mass is 343 g/mol. The molecule has 3 heteroatoms. The fourth-order valence-corrected chi connectivity index (χ4v) is 5.48. The molecule has 1 aromatic rings. The number of fused-ring (bicyclic) bond motifs is 2. The molecule has 0 spiro atoms. The Labute approximate surface area is 152 Å². The molecule has 0 radical (unpaired) electrons. The zero-order valence-electron chi connectivity index (χ0n) is 16.4. The second-order valence-corrected chi connectivity index (χ2v) is 8.63. The lowest BCUT2D eigenvalue weighted by Crippen LogP contribution is -2.44. The van der Waals surface area contributed by atoms with E-state index in [-0.39, 0.29) is 22.9 Å². The van der Waals surface area contributed by atoms with E-state index in [0.29, 0.717) is 17.4 Å². The Bertz CT molecular complexity index is 608. The molecule has 25 heavy (non-hydrogen) atoms. The van der Waals surface area contributed by atoms with E-state index in [2.05, 4.69) is 39.5 Å². The van der Waals surface area contributed by atoms with Crippen molar-refractivity contribution in [3.8, 4) is 0 Å². The van der Waals surface area contributed by atoms with Gasteiger partial charge < -0.3 is 9.64 Å². The lowest BCUT2D eigenvalue weighted by molar-refractivity contribution is -0.0456. The van der Waals surface area contributed by atoms with Gasteiger partial charge in [0.2, 0.25) is 0 Å². The van der Waals surface area contributed by atoms with Crippen molar-refractivity contribution in [2.45, 2.75) is 53.6 Å². The number of hydrogen-bond donors (Lipinski definition) is 0. The maximum Gasteiger partial charge on any atom is 0.338 e. The third-order valence-corrected chi connectivity index (χ3v) is 7.51. The lowest BCUT2D eigenvalue weighted by Gasteiger charge is -2.40. The molecule has 3 rings (SSSR count). The molecule has 0 heterocycles. The van der Waals surface area contributed by atoms with Crippen molar-refractivity contribution >= 4 is 5.97 Å². The maximum absolute atomic E-state index is 12.8. The Morgan fingerprint density at radius 3 is 2.40 bits per heavy atom. The van der Waals surface area contributed by atoms with E-state index >= 15 is 0 Å². The van der Waals surface area contributed by atoms with E-state index in [0.717, 1.165) is 26.1 Å². The van der Waals surface area contributed by atoms with Crippen molar-refractivity contribution in [2.24, 2.45) is 22.7 Å². The average Bonchev–Trinajstić information content (AvgIpc) is 2.93. The van der Waals surface area contributed by atoms with Crippen LogP contribution in [0.3, 0.4) is 0 Å². The number of benzene rings is 1. The third kappa shape index (κ3) is 2.91. The fraction of sp³-hybridized carbons (Fsp3) is 0.682. The van der Waals surface area contributed by atoms with Crippen molar-refractivity contribution in [3.63, 3.8) is 0 Å². The molecule has 4 atom stereocenters. The molecule has 2 aliphatic rings. The van der Waals surface area contributed by atoms with Crippen LogP contribution in [0.2, 0.25) is 0 Å². The van der Waals surface area contributed by atoms with Crippen LogP contribution in [0.5, 0.6) is 0 Å². The summed E-state index contributed by atoms with van der Waals surface area (Å²) in [6, 6.07) is 9.43. The summed E-state index contributed by atoms with van der Waals surface area (Å²) < 4.78 is 6.21. The highest BCUT2D eigenvalue weighted by Crippen LogP contribution is 2.68. The average molecular weight is 344 g/mol. The quantitative estimate of drug-likeness (QED) is 0.706. The van der Waals surface area contributed by atoms with Crippen molar-refractivity contribution in [1.82, 2.24) is 4.90 Å². The predicted octanol–water partition coefficient (Wildman–Crippen LogP) is 4.63. The standard InChI is InChI=1S/C22H33NO2/c1-6-23(7-2)15-17-18-13-14-22(5,21(18,3)4)19(17)25-20(24)16-11-9-8-10-12-16/h8-12,17-19H,6-7,13-15H2,1-5H3. The van der Waals surface area contributed by atoms with Crippen LogP contribution in [-0.2, 0) is 4.74 Å². The third-order valence-electron chi connectivity index (χ3n) is 7.51. The summed E-state index contributed by atoms with van der Waals surface area (Å²) in [4.78, 5) is 15.2. The topological polar surface area (TPSA) is 29.5 Å². The molecule has 0 aromatic heterocycles. The molecule has 4 unspecified atom stereocenters. The van der Waals surface area contributed by atoms with Crippen molar-refractivity contribution in [1.29, 1.82) is 0 Å². The van der Waals surface area contributed by atoms with E-state index in [1.54, 1.807) is 0 Å². The fourth-order valence-electron chi connectivity index (χ4n) is 5.48. The second kappa shape index (κ2) is 6.75. The highest BCUT2D eigenvalue weighted by atomic mass is 16.5. The van der Waals surface area contributed by atoms with Gasteiger partial charge in [0, 0.05) is 17.9 Å². The van der Waals surface area contributed by atoms with Gasteiger partial charge in [-0.15, -0.1) is 0 Å². The Morgan fingerprint density at radius 2 is 1.80 bits per heavy atom. The minimum Gasteiger partial charge on any atom is -0.458 e. The van der Waals surface area contributed by atoms with Gasteiger partial charge in [0.05, 0.1) is 5.56 Å². The smallest absolute Gasteiger partial charge is 0.338 e. The molecule has 0 aliphatic heterocycles. The molecule has 1 aromatic carbocycles. The lowest BCUT2D eigenvalue weighted by atomic mass is 9.70. The van der Waals surface area contributed by atoms with Gasteiger partial charge in [-0.3, -0.25) is 0 Å². The molecule has 0 amide bonds. The number of nitrogens with zero attached hydrogens (tertiary/aromatic N) is 1. The molecule has 0 N–H and O–H groups in total. The van der Waals surface area contributed by atoms with Gasteiger partial charge in [-0.2, -0.15) is 0 Å². The summed E-state index contributed by atoms with van der Waals surface area (Å²) in [7, 11) is 0. The van der Waals surface area contributed by atoms with Gasteiger partial charge in [0.15, 0.2) is 0 Å².